The molecule has 21 heteroatoms. The number of benzene rings is 1. The van der Waals surface area contributed by atoms with Gasteiger partial charge in [0.05, 0.1) is 65.3 Å². The second-order valence-electron chi connectivity index (χ2n) is 14.1. The first-order valence-electron chi connectivity index (χ1n) is 19.0. The van der Waals surface area contributed by atoms with Gasteiger partial charge in [-0.15, -0.1) is 0 Å². The number of pyridine rings is 1. The van der Waals surface area contributed by atoms with Crippen LogP contribution >= 0.6 is 0 Å². The molecule has 2 atom stereocenters. The molecular weight excluding hydrogens is 808 g/mol. The summed E-state index contributed by atoms with van der Waals surface area (Å²) >= 11 is 0. The first kappa shape index (κ1) is 47.1. The number of morpholine rings is 1. The number of fused-ring (bicyclic) bond motifs is 1. The van der Waals surface area contributed by atoms with Crippen molar-refractivity contribution < 1.29 is 65.5 Å². The average molecular weight is 854 g/mol. The zero-order valence-electron chi connectivity index (χ0n) is 32.6. The molecule has 15 nitrogen and oxygen atoms in total. The summed E-state index contributed by atoms with van der Waals surface area (Å²) in [6, 6.07) is 6.35. The molecule has 4 heterocycles. The van der Waals surface area contributed by atoms with Gasteiger partial charge in [0.25, 0.3) is 0 Å². The van der Waals surface area contributed by atoms with Crippen LogP contribution in [0.5, 0.6) is 0 Å². The van der Waals surface area contributed by atoms with Crippen molar-refractivity contribution in [3.8, 4) is 6.07 Å². The summed E-state index contributed by atoms with van der Waals surface area (Å²) < 4.78 is 92.8. The first-order valence-corrected chi connectivity index (χ1v) is 19.0. The predicted octanol–water partition coefficient (Wildman–Crippen LogP) is 6.81. The van der Waals surface area contributed by atoms with Crippen LogP contribution in [0.25, 0.3) is 0 Å². The third kappa shape index (κ3) is 12.7. The maximum atomic E-state index is 13.7. The highest BCUT2D eigenvalue weighted by atomic mass is 19.4. The summed E-state index contributed by atoms with van der Waals surface area (Å²) in [5, 5.41) is 36.1. The van der Waals surface area contributed by atoms with E-state index in [1.165, 1.54) is 12.3 Å². The Hall–Kier alpha value is -5.59. The normalized spacial score (nSPS) is 17.9. The Balaban J connectivity index is 0.000000451. The van der Waals surface area contributed by atoms with Crippen molar-refractivity contribution in [1.82, 2.24) is 15.0 Å². The number of carboxylic acids is 2. The van der Waals surface area contributed by atoms with Gasteiger partial charge < -0.3 is 35.4 Å². The van der Waals surface area contributed by atoms with E-state index in [9.17, 15) is 51.1 Å². The highest BCUT2D eigenvalue weighted by molar-refractivity contribution is 5.89. The molecule has 0 saturated carbocycles. The van der Waals surface area contributed by atoms with Crippen molar-refractivity contribution in [1.29, 1.82) is 5.26 Å². The van der Waals surface area contributed by atoms with E-state index < -0.39 is 53.2 Å². The fourth-order valence-corrected chi connectivity index (χ4v) is 6.73. The molecule has 5 rings (SSSR count). The van der Waals surface area contributed by atoms with Gasteiger partial charge in [0.2, 0.25) is 0 Å². The summed E-state index contributed by atoms with van der Waals surface area (Å²) in [6.45, 7) is 4.30. The molecule has 2 aromatic heterocycles. The van der Waals surface area contributed by atoms with Crippen molar-refractivity contribution in [2.24, 2.45) is 5.73 Å². The van der Waals surface area contributed by atoms with E-state index in [-0.39, 0.29) is 66.1 Å². The Morgan fingerprint density at radius 3 is 2.10 bits per heavy atom. The molecule has 2 aliphatic heterocycles. The lowest BCUT2D eigenvalue weighted by atomic mass is 9.83. The van der Waals surface area contributed by atoms with Crippen LogP contribution in [0.1, 0.15) is 104 Å². The molecule has 0 bridgehead atoms. The molecule has 60 heavy (non-hydrogen) atoms. The summed E-state index contributed by atoms with van der Waals surface area (Å²) in [6.07, 6.45) is -6.84. The van der Waals surface area contributed by atoms with Gasteiger partial charge in [0.1, 0.15) is 17.2 Å². The molecule has 326 valence electrons. The minimum atomic E-state index is -4.84. The minimum Gasteiger partial charge on any atom is -0.481 e. The first-order chi connectivity index (χ1) is 28.3. The average Bonchev–Trinajstić information content (AvgIpc) is 3.19. The molecule has 1 amide bonds. The monoisotopic (exact) mass is 853 g/mol. The number of aromatic nitrogens is 3. The second-order valence-corrected chi connectivity index (χ2v) is 14.1. The number of anilines is 2. The zero-order chi connectivity index (χ0) is 44.3. The topological polar surface area (TPSA) is 225 Å². The number of hydrogen-bond donors (Lipinski definition) is 4. The van der Waals surface area contributed by atoms with Crippen molar-refractivity contribution in [3.63, 3.8) is 0 Å². The number of unbranched alkanes of at least 4 members (excludes halogenated alkanes) is 2. The zero-order valence-corrected chi connectivity index (χ0v) is 32.6. The van der Waals surface area contributed by atoms with Gasteiger partial charge in [-0.3, -0.25) is 14.5 Å². The molecule has 0 aliphatic carbocycles. The van der Waals surface area contributed by atoms with Crippen molar-refractivity contribution in [3.05, 3.63) is 76.1 Å². The van der Waals surface area contributed by atoms with Gasteiger partial charge in [0, 0.05) is 45.6 Å². The number of nitrogens with zero attached hydrogens (tertiary/aromatic N) is 6. The maximum absolute atomic E-state index is 13.7. The van der Waals surface area contributed by atoms with Crippen molar-refractivity contribution in [2.45, 2.75) is 88.6 Å². The number of carbonyl (C=O) groups is 3. The molecule has 0 unspecified atom stereocenters. The summed E-state index contributed by atoms with van der Waals surface area (Å²) in [5.74, 6) is -2.69. The smallest absolute Gasteiger partial charge is 0.433 e. The third-order valence-electron chi connectivity index (χ3n) is 9.78. The number of aliphatic carboxylic acids is 2. The fraction of sp³-hybridized carbons (Fsp3) is 0.513. The number of nitriles is 1. The second kappa shape index (κ2) is 20.6. The van der Waals surface area contributed by atoms with E-state index in [1.54, 1.807) is 13.0 Å². The van der Waals surface area contributed by atoms with Crippen LogP contribution in [0.15, 0.2) is 36.5 Å². The molecule has 1 aromatic carbocycles. The van der Waals surface area contributed by atoms with Gasteiger partial charge in [-0.05, 0) is 74.4 Å². The Morgan fingerprint density at radius 1 is 0.933 bits per heavy atom. The van der Waals surface area contributed by atoms with E-state index in [0.717, 1.165) is 35.9 Å². The molecular formula is C39H45F6N7O8. The molecule has 3 aromatic rings. The van der Waals surface area contributed by atoms with Crippen LogP contribution in [-0.4, -0.2) is 93.5 Å². The van der Waals surface area contributed by atoms with E-state index in [1.807, 2.05) is 4.90 Å². The highest BCUT2D eigenvalue weighted by Crippen LogP contribution is 2.46. The molecule has 1 saturated heterocycles. The van der Waals surface area contributed by atoms with E-state index >= 15 is 0 Å². The standard InChI is InChI=1S/C29H27F6N7O3.C10H18O5/c1-2-27(37)13-19(24-21(42(27)26(43)44)3-4-23(40-24)29(33,34)35)25-38-15-22(41-5-7-45-8-6-41)20(39-25)12-16-9-17(14-36)11-18(10-16)28(30,31)32;11-9(12)5-1-3-7-15-8-4-2-6-10(13)14/h3-4,9-11,15,19H,2,5-8,12-13,37H2,1H3,(H,43,44);1-8H2,(H,11,12)(H,13,14)/t19-,27+;/m0./s1. The van der Waals surface area contributed by atoms with Crippen LogP contribution in [0, 0.1) is 11.3 Å². The Bertz CT molecular complexity index is 2000. The molecule has 0 radical (unpaired) electrons. The number of nitrogens with two attached hydrogens (primary N) is 1. The summed E-state index contributed by atoms with van der Waals surface area (Å²) in [7, 11) is 0. The molecule has 1 fully saturated rings. The molecule has 2 aliphatic rings. The fourth-order valence-electron chi connectivity index (χ4n) is 6.73. The van der Waals surface area contributed by atoms with Crippen LogP contribution < -0.4 is 15.5 Å². The lowest BCUT2D eigenvalue weighted by Gasteiger charge is -2.45. The number of carboxylic acid groups (broad SMARTS) is 3. The Kier molecular flexibility index (Phi) is 16.2. The lowest BCUT2D eigenvalue weighted by molar-refractivity contribution is -0.141. The lowest BCUT2D eigenvalue weighted by Crippen LogP contribution is -2.61. The van der Waals surface area contributed by atoms with Crippen LogP contribution in [0.2, 0.25) is 0 Å². The SMILES string of the molecule is CC[C@]1(N)C[C@H](c2ncc(N3CCOCC3)c(Cc3cc(C#N)cc(C(F)(F)F)c3)n2)c2nc(C(F)(F)F)ccc2N1C(=O)O.O=C(O)CCCCOCCCCC(=O)O. The van der Waals surface area contributed by atoms with Gasteiger partial charge in [-0.2, -0.15) is 31.6 Å². The maximum Gasteiger partial charge on any atom is 0.433 e. The highest BCUT2D eigenvalue weighted by Gasteiger charge is 2.48. The van der Waals surface area contributed by atoms with Crippen LogP contribution in [-0.2, 0) is 37.8 Å². The summed E-state index contributed by atoms with van der Waals surface area (Å²) in [4.78, 5) is 48.2. The number of amides is 1. The predicted molar refractivity (Wildman–Crippen MR) is 201 cm³/mol. The largest absolute Gasteiger partial charge is 0.481 e. The van der Waals surface area contributed by atoms with Crippen molar-refractivity contribution >= 4 is 29.4 Å². The number of alkyl halides is 6. The Labute approximate surface area is 340 Å². The Morgan fingerprint density at radius 2 is 1.57 bits per heavy atom. The number of halogens is 6. The third-order valence-corrected chi connectivity index (χ3v) is 9.78. The molecule has 5 N–H and O–H groups in total. The van der Waals surface area contributed by atoms with Gasteiger partial charge >= 0.3 is 30.4 Å². The quantitative estimate of drug-likeness (QED) is 0.0911. The van der Waals surface area contributed by atoms with E-state index in [2.05, 4.69) is 15.0 Å². The van der Waals surface area contributed by atoms with Crippen molar-refractivity contribution in [2.75, 3.05) is 49.3 Å². The molecule has 0 spiro atoms. The van der Waals surface area contributed by atoms with Crippen LogP contribution in [0.4, 0.5) is 42.5 Å². The van der Waals surface area contributed by atoms with Gasteiger partial charge in [-0.1, -0.05) is 6.92 Å². The van der Waals surface area contributed by atoms with E-state index in [0.29, 0.717) is 64.1 Å². The number of ether oxygens (including phenoxy) is 2. The number of hydrogen-bond acceptors (Lipinski definition) is 11. The van der Waals surface area contributed by atoms with Gasteiger partial charge in [0.15, 0.2) is 0 Å². The summed E-state index contributed by atoms with van der Waals surface area (Å²) in [5.41, 5.74) is 2.92. The minimum absolute atomic E-state index is 0.0316. The number of rotatable bonds is 15. The van der Waals surface area contributed by atoms with Gasteiger partial charge in [-0.25, -0.2) is 19.7 Å². The van der Waals surface area contributed by atoms with Crippen LogP contribution in [0.3, 0.4) is 0 Å². The van der Waals surface area contributed by atoms with E-state index in [4.69, 9.17) is 25.4 Å².